The van der Waals surface area contributed by atoms with E-state index in [9.17, 15) is 32.3 Å². The summed E-state index contributed by atoms with van der Waals surface area (Å²) < 4.78 is 45.8. The van der Waals surface area contributed by atoms with Gasteiger partial charge in [-0.15, -0.1) is 0 Å². The molecule has 8 nitrogen and oxygen atoms in total. The summed E-state index contributed by atoms with van der Waals surface area (Å²) in [7, 11) is 1.51. The Balaban J connectivity index is 1.36. The second kappa shape index (κ2) is 11.0. The van der Waals surface area contributed by atoms with Gasteiger partial charge in [-0.25, -0.2) is 4.90 Å². The van der Waals surface area contributed by atoms with Gasteiger partial charge >= 0.3 is 11.0 Å². The maximum Gasteiger partial charge on any atom is 0.416 e. The molecule has 0 spiro atoms. The minimum absolute atomic E-state index is 0.0708. The summed E-state index contributed by atoms with van der Waals surface area (Å²) in [4.78, 5) is 55.1. The smallest absolute Gasteiger partial charge is 0.416 e. The largest absolute Gasteiger partial charge is 0.497 e. The van der Waals surface area contributed by atoms with Crippen molar-refractivity contribution in [2.45, 2.75) is 28.9 Å². The van der Waals surface area contributed by atoms with Crippen molar-refractivity contribution in [3.8, 4) is 5.75 Å². The quantitative estimate of drug-likeness (QED) is 0.290. The van der Waals surface area contributed by atoms with Gasteiger partial charge in [0.1, 0.15) is 17.5 Å². The zero-order chi connectivity index (χ0) is 30.5. The molecule has 0 radical (unpaired) electrons. The van der Waals surface area contributed by atoms with Crippen LogP contribution in [0.3, 0.4) is 0 Å². The van der Waals surface area contributed by atoms with Crippen LogP contribution in [-0.2, 0) is 27.1 Å². The number of benzene rings is 3. The highest BCUT2D eigenvalue weighted by Crippen LogP contribution is 2.53. The maximum absolute atomic E-state index is 13.9. The highest BCUT2D eigenvalue weighted by molar-refractivity contribution is 8.00. The molecule has 1 fully saturated rings. The van der Waals surface area contributed by atoms with Gasteiger partial charge in [-0.2, -0.15) is 13.2 Å². The van der Waals surface area contributed by atoms with Gasteiger partial charge in [0.2, 0.25) is 17.7 Å². The molecular weight excluding hydrogens is 603 g/mol. The number of aromatic nitrogens is 1. The number of hydrogen-bond acceptors (Lipinski definition) is 7. The number of thiazole rings is 1. The Bertz CT molecular complexity index is 1790. The van der Waals surface area contributed by atoms with E-state index in [-0.39, 0.29) is 5.69 Å². The van der Waals surface area contributed by atoms with E-state index in [1.54, 1.807) is 36.4 Å². The first kappa shape index (κ1) is 28.7. The summed E-state index contributed by atoms with van der Waals surface area (Å²) in [5.74, 6) is -2.44. The number of anilines is 2. The van der Waals surface area contributed by atoms with Crippen molar-refractivity contribution in [1.29, 1.82) is 0 Å². The Morgan fingerprint density at radius 1 is 0.953 bits per heavy atom. The SMILES string of the molecule is COc1ccc(N2C(=O)[C@H]3[C@H](c4ccccc4)c4sc(=O)n(CC(=O)Nc5cccc(C(F)(F)F)c5)c4S[C@H]3C2=O)cc1. The van der Waals surface area contributed by atoms with E-state index in [0.29, 0.717) is 21.3 Å². The number of fused-ring (bicyclic) bond motifs is 2. The van der Waals surface area contributed by atoms with Crippen LogP contribution < -0.4 is 19.8 Å². The van der Waals surface area contributed by atoms with Gasteiger partial charge in [0.05, 0.1) is 29.3 Å². The highest BCUT2D eigenvalue weighted by Gasteiger charge is 2.56. The van der Waals surface area contributed by atoms with Gasteiger partial charge in [0, 0.05) is 16.5 Å². The van der Waals surface area contributed by atoms with Crippen LogP contribution in [0.4, 0.5) is 24.5 Å². The summed E-state index contributed by atoms with van der Waals surface area (Å²) in [5.41, 5.74) is 0.129. The van der Waals surface area contributed by atoms with Gasteiger partial charge in [-0.1, -0.05) is 59.5 Å². The third-order valence-electron chi connectivity index (χ3n) is 7.31. The molecule has 3 atom stereocenters. The fraction of sp³-hybridized carbons (Fsp3) is 0.200. The average Bonchev–Trinajstić information content (AvgIpc) is 3.43. The molecule has 43 heavy (non-hydrogen) atoms. The number of methoxy groups -OCH3 is 1. The Hall–Kier alpha value is -4.36. The molecule has 3 heterocycles. The van der Waals surface area contributed by atoms with Crippen LogP contribution in [0.2, 0.25) is 0 Å². The van der Waals surface area contributed by atoms with Gasteiger partial charge in [-0.3, -0.25) is 23.7 Å². The first-order chi connectivity index (χ1) is 20.6. The van der Waals surface area contributed by atoms with Crippen molar-refractivity contribution in [3.05, 3.63) is 105 Å². The zero-order valence-corrected chi connectivity index (χ0v) is 24.0. The lowest BCUT2D eigenvalue weighted by Gasteiger charge is -2.30. The molecule has 220 valence electrons. The predicted molar refractivity (Wildman–Crippen MR) is 156 cm³/mol. The van der Waals surface area contributed by atoms with Crippen LogP contribution >= 0.6 is 23.1 Å². The molecule has 0 saturated carbocycles. The van der Waals surface area contributed by atoms with Gasteiger partial charge < -0.3 is 10.1 Å². The lowest BCUT2D eigenvalue weighted by molar-refractivity contribution is -0.137. The molecule has 0 unspecified atom stereocenters. The molecule has 2 aliphatic heterocycles. The zero-order valence-electron chi connectivity index (χ0n) is 22.3. The lowest BCUT2D eigenvalue weighted by atomic mass is 9.83. The van der Waals surface area contributed by atoms with Crippen molar-refractivity contribution >= 4 is 52.2 Å². The lowest BCUT2D eigenvalue weighted by Crippen LogP contribution is -2.33. The summed E-state index contributed by atoms with van der Waals surface area (Å²) in [6.07, 6.45) is -4.59. The van der Waals surface area contributed by atoms with Crippen molar-refractivity contribution in [2.75, 3.05) is 17.3 Å². The van der Waals surface area contributed by atoms with Crippen LogP contribution in [0.15, 0.2) is 88.7 Å². The molecule has 0 aliphatic carbocycles. The number of hydrogen-bond donors (Lipinski definition) is 1. The van der Waals surface area contributed by atoms with Crippen molar-refractivity contribution in [1.82, 2.24) is 4.57 Å². The molecule has 1 saturated heterocycles. The monoisotopic (exact) mass is 625 g/mol. The van der Waals surface area contributed by atoms with E-state index in [4.69, 9.17) is 4.74 Å². The Morgan fingerprint density at radius 3 is 2.35 bits per heavy atom. The van der Waals surface area contributed by atoms with Gasteiger partial charge in [0.25, 0.3) is 0 Å². The minimum Gasteiger partial charge on any atom is -0.497 e. The van der Waals surface area contributed by atoms with Crippen LogP contribution in [0.25, 0.3) is 0 Å². The van der Waals surface area contributed by atoms with Crippen molar-refractivity contribution < 1.29 is 32.3 Å². The van der Waals surface area contributed by atoms with Crippen molar-refractivity contribution in [3.63, 3.8) is 0 Å². The molecule has 1 aromatic heterocycles. The second-order valence-corrected chi connectivity index (χ2v) is 12.0. The third kappa shape index (κ3) is 5.23. The predicted octanol–water partition coefficient (Wildman–Crippen LogP) is 5.37. The summed E-state index contributed by atoms with van der Waals surface area (Å²) in [6, 6.07) is 19.8. The van der Waals surface area contributed by atoms with Crippen molar-refractivity contribution in [2.24, 2.45) is 5.92 Å². The maximum atomic E-state index is 13.9. The number of carbonyl (C=O) groups is 3. The normalized spacial score (nSPS) is 19.6. The average molecular weight is 626 g/mol. The number of halogens is 3. The number of rotatable bonds is 6. The minimum atomic E-state index is -4.59. The summed E-state index contributed by atoms with van der Waals surface area (Å²) >= 11 is 1.94. The molecule has 0 bridgehead atoms. The number of thioether (sulfide) groups is 1. The third-order valence-corrected chi connectivity index (χ3v) is 9.92. The number of amides is 3. The first-order valence-corrected chi connectivity index (χ1v) is 14.7. The standard InChI is InChI=1S/C30H22F3N3O5S2/c1-41-20-12-10-19(11-13-20)36-26(38)23-22(16-6-3-2-4-7-16)25-28(42-24(23)27(36)39)35(29(40)43-25)15-21(37)34-18-9-5-8-17(14-18)30(31,32)33/h2-14,22-24H,15H2,1H3,(H,34,37)/t22-,23-,24+/m0/s1. The molecule has 1 N–H and O–H groups in total. The number of ether oxygens (including phenoxy) is 1. The molecule has 6 rings (SSSR count). The highest BCUT2D eigenvalue weighted by atomic mass is 32.2. The van der Waals surface area contributed by atoms with E-state index < -0.39 is 58.0 Å². The number of alkyl halides is 3. The van der Waals surface area contributed by atoms with Crippen LogP contribution in [0, 0.1) is 5.92 Å². The number of nitrogens with one attached hydrogen (secondary N) is 1. The molecule has 3 amide bonds. The van der Waals surface area contributed by atoms with E-state index in [2.05, 4.69) is 5.32 Å². The summed E-state index contributed by atoms with van der Waals surface area (Å²) in [5, 5.41) is 1.93. The van der Waals surface area contributed by atoms with E-state index in [1.165, 1.54) is 23.8 Å². The second-order valence-electron chi connectivity index (χ2n) is 9.91. The topological polar surface area (TPSA) is 97.7 Å². The molecule has 2 aliphatic rings. The number of nitrogens with zero attached hydrogens (tertiary/aromatic N) is 2. The van der Waals surface area contributed by atoms with E-state index in [1.807, 2.05) is 18.2 Å². The van der Waals surface area contributed by atoms with E-state index >= 15 is 0 Å². The molecule has 13 heteroatoms. The summed E-state index contributed by atoms with van der Waals surface area (Å²) in [6.45, 7) is -0.489. The molecule has 3 aromatic carbocycles. The molecule has 4 aromatic rings. The van der Waals surface area contributed by atoms with Crippen LogP contribution in [0.1, 0.15) is 21.9 Å². The fourth-order valence-corrected chi connectivity index (χ4v) is 8.15. The van der Waals surface area contributed by atoms with Gasteiger partial charge in [0.15, 0.2) is 0 Å². The van der Waals surface area contributed by atoms with Gasteiger partial charge in [-0.05, 0) is 48.0 Å². The Kier molecular flexibility index (Phi) is 7.38. The number of imide groups is 1. The Labute approximate surface area is 251 Å². The van der Waals surface area contributed by atoms with E-state index in [0.717, 1.165) is 45.7 Å². The fourth-order valence-electron chi connectivity index (χ4n) is 5.38. The van der Waals surface area contributed by atoms with Crippen LogP contribution in [-0.4, -0.2) is 34.6 Å². The molecular formula is C30H22F3N3O5S2. The first-order valence-electron chi connectivity index (χ1n) is 13.0. The Morgan fingerprint density at radius 2 is 1.67 bits per heavy atom. The van der Waals surface area contributed by atoms with Crippen LogP contribution in [0.5, 0.6) is 5.75 Å². The number of carbonyl (C=O) groups excluding carboxylic acids is 3.